The molecule has 1 atom stereocenters. The molecule has 0 saturated heterocycles. The Kier molecular flexibility index (Phi) is 3.92. The van der Waals surface area contributed by atoms with E-state index in [0.29, 0.717) is 17.3 Å². The number of aromatic nitrogens is 3. The van der Waals surface area contributed by atoms with Crippen LogP contribution in [0.4, 0.5) is 5.69 Å². The summed E-state index contributed by atoms with van der Waals surface area (Å²) in [5.41, 5.74) is 0.596. The molecule has 0 radical (unpaired) electrons. The van der Waals surface area contributed by atoms with Crippen molar-refractivity contribution >= 4 is 23.4 Å². The quantitative estimate of drug-likeness (QED) is 0.795. The van der Waals surface area contributed by atoms with Crippen LogP contribution in [0, 0.1) is 0 Å². The highest BCUT2D eigenvalue weighted by Crippen LogP contribution is 2.35. The zero-order valence-corrected chi connectivity index (χ0v) is 13.4. The summed E-state index contributed by atoms with van der Waals surface area (Å²) < 4.78 is 7.43. The monoisotopic (exact) mass is 338 g/mol. The summed E-state index contributed by atoms with van der Waals surface area (Å²) in [6, 6.07) is 13.1. The summed E-state index contributed by atoms with van der Waals surface area (Å²) in [5, 5.41) is 7.06. The van der Waals surface area contributed by atoms with E-state index >= 15 is 0 Å². The number of benzene rings is 1. The van der Waals surface area contributed by atoms with E-state index in [1.807, 2.05) is 24.3 Å². The number of para-hydroxylation sites is 1. The topological polar surface area (TPSA) is 69.0 Å². The zero-order chi connectivity index (χ0) is 16.4. The third-order valence-electron chi connectivity index (χ3n) is 3.57. The summed E-state index contributed by atoms with van der Waals surface area (Å²) >= 11 is 1.62. The molecule has 120 valence electrons. The molecule has 1 amide bonds. The first-order chi connectivity index (χ1) is 11.8. The van der Waals surface area contributed by atoms with Crippen LogP contribution in [0.15, 0.2) is 66.0 Å². The van der Waals surface area contributed by atoms with Crippen molar-refractivity contribution in [1.29, 1.82) is 0 Å². The van der Waals surface area contributed by atoms with Crippen molar-refractivity contribution in [1.82, 2.24) is 14.8 Å². The molecular formula is C17H14N4O2S. The number of thioether (sulfide) groups is 1. The van der Waals surface area contributed by atoms with E-state index in [1.54, 1.807) is 53.2 Å². The van der Waals surface area contributed by atoms with Crippen molar-refractivity contribution in [3.05, 3.63) is 61.1 Å². The van der Waals surface area contributed by atoms with E-state index < -0.39 is 6.10 Å². The molecule has 4 rings (SSSR count). The number of nitrogens with one attached hydrogen (secondary N) is 1. The van der Waals surface area contributed by atoms with Gasteiger partial charge in [-0.05, 0) is 30.3 Å². The number of fused-ring (bicyclic) bond motifs is 1. The van der Waals surface area contributed by atoms with Crippen molar-refractivity contribution in [2.75, 3.05) is 11.1 Å². The first-order valence-electron chi connectivity index (χ1n) is 7.45. The van der Waals surface area contributed by atoms with Gasteiger partial charge >= 0.3 is 0 Å². The summed E-state index contributed by atoms with van der Waals surface area (Å²) in [4.78, 5) is 17.9. The van der Waals surface area contributed by atoms with Crippen molar-refractivity contribution in [2.45, 2.75) is 11.0 Å². The molecule has 0 unspecified atom stereocenters. The van der Waals surface area contributed by atoms with Crippen LogP contribution in [0.5, 0.6) is 5.75 Å². The van der Waals surface area contributed by atoms with Crippen LogP contribution < -0.4 is 10.1 Å². The fourth-order valence-corrected chi connectivity index (χ4v) is 3.42. The Hall–Kier alpha value is -2.80. The predicted molar refractivity (Wildman–Crippen MR) is 91.6 cm³/mol. The van der Waals surface area contributed by atoms with Gasteiger partial charge in [0, 0.05) is 29.2 Å². The molecule has 0 spiro atoms. The van der Waals surface area contributed by atoms with E-state index in [9.17, 15) is 4.79 Å². The minimum Gasteiger partial charge on any atom is -0.479 e. The van der Waals surface area contributed by atoms with Gasteiger partial charge in [-0.15, -0.1) is 11.8 Å². The van der Waals surface area contributed by atoms with Crippen LogP contribution in [0.25, 0.3) is 5.82 Å². The highest BCUT2D eigenvalue weighted by atomic mass is 32.2. The zero-order valence-electron chi connectivity index (χ0n) is 12.6. The van der Waals surface area contributed by atoms with Gasteiger partial charge in [0.2, 0.25) is 0 Å². The van der Waals surface area contributed by atoms with Crippen LogP contribution in [0.2, 0.25) is 0 Å². The molecule has 2 aromatic heterocycles. The average Bonchev–Trinajstić information content (AvgIpc) is 3.16. The third kappa shape index (κ3) is 2.85. The molecule has 24 heavy (non-hydrogen) atoms. The summed E-state index contributed by atoms with van der Waals surface area (Å²) in [6.07, 6.45) is 4.56. The first kappa shape index (κ1) is 14.8. The number of carbonyl (C=O) groups excluding carboxylic acids is 1. The fraction of sp³-hybridized carbons (Fsp3) is 0.118. The number of anilines is 1. The van der Waals surface area contributed by atoms with Crippen LogP contribution in [0.1, 0.15) is 0 Å². The van der Waals surface area contributed by atoms with Gasteiger partial charge in [-0.3, -0.25) is 4.79 Å². The smallest absolute Gasteiger partial charge is 0.266 e. The van der Waals surface area contributed by atoms with Gasteiger partial charge in [-0.2, -0.15) is 5.10 Å². The maximum Gasteiger partial charge on any atom is 0.266 e. The van der Waals surface area contributed by atoms with Crippen LogP contribution >= 0.6 is 11.8 Å². The number of nitrogens with zero attached hydrogens (tertiary/aromatic N) is 3. The Morgan fingerprint density at radius 2 is 2.12 bits per heavy atom. The lowest BCUT2D eigenvalue weighted by Gasteiger charge is -2.24. The second-order valence-corrected chi connectivity index (χ2v) is 6.24. The van der Waals surface area contributed by atoms with Gasteiger partial charge in [0.15, 0.2) is 11.9 Å². The lowest BCUT2D eigenvalue weighted by molar-refractivity contribution is -0.122. The fourth-order valence-electron chi connectivity index (χ4n) is 2.43. The Morgan fingerprint density at radius 1 is 1.21 bits per heavy atom. The van der Waals surface area contributed by atoms with E-state index in [-0.39, 0.29) is 5.91 Å². The molecule has 0 saturated carbocycles. The number of carbonyl (C=O) groups is 1. The molecule has 3 heterocycles. The molecule has 1 N–H and O–H groups in total. The predicted octanol–water partition coefficient (Wildman–Crippen LogP) is 2.76. The number of hydrogen-bond donors (Lipinski definition) is 1. The molecule has 3 aromatic rings. The Balaban J connectivity index is 1.54. The molecule has 1 aliphatic heterocycles. The largest absolute Gasteiger partial charge is 0.479 e. The Labute approximate surface area is 142 Å². The molecule has 7 heteroatoms. The van der Waals surface area contributed by atoms with Gasteiger partial charge in [-0.25, -0.2) is 9.67 Å². The first-order valence-corrected chi connectivity index (χ1v) is 8.44. The van der Waals surface area contributed by atoms with Crippen molar-refractivity contribution in [2.24, 2.45) is 0 Å². The molecule has 0 bridgehead atoms. The normalized spacial score (nSPS) is 16.1. The molecule has 6 nitrogen and oxygen atoms in total. The maximum absolute atomic E-state index is 12.6. The lowest BCUT2D eigenvalue weighted by Crippen LogP contribution is -2.37. The second-order valence-electron chi connectivity index (χ2n) is 5.18. The number of hydrogen-bond acceptors (Lipinski definition) is 5. The standard InChI is InChI=1S/C17H14N4O2S/c22-17(14-11-24-15-7-2-1-6-13(15)23-14)20-12-5-3-8-18-16(12)21-10-4-9-19-21/h1-10,14H,11H2,(H,20,22)/t14-/m0/s1. The van der Waals surface area contributed by atoms with Crippen molar-refractivity contribution in [3.63, 3.8) is 0 Å². The molecular weight excluding hydrogens is 324 g/mol. The average molecular weight is 338 g/mol. The van der Waals surface area contributed by atoms with Crippen LogP contribution in [-0.4, -0.2) is 32.5 Å². The maximum atomic E-state index is 12.6. The summed E-state index contributed by atoms with van der Waals surface area (Å²) in [7, 11) is 0. The van der Waals surface area contributed by atoms with Gasteiger partial charge in [0.25, 0.3) is 5.91 Å². The van der Waals surface area contributed by atoms with Gasteiger partial charge < -0.3 is 10.1 Å². The molecule has 0 fully saturated rings. The van der Waals surface area contributed by atoms with E-state index in [4.69, 9.17) is 4.74 Å². The Morgan fingerprint density at radius 3 is 3.00 bits per heavy atom. The number of rotatable bonds is 3. The second kappa shape index (κ2) is 6.37. The number of pyridine rings is 1. The minimum absolute atomic E-state index is 0.196. The van der Waals surface area contributed by atoms with E-state index in [0.717, 1.165) is 10.6 Å². The number of amides is 1. The lowest BCUT2D eigenvalue weighted by atomic mass is 10.3. The molecule has 1 aliphatic rings. The van der Waals surface area contributed by atoms with Gasteiger partial charge in [-0.1, -0.05) is 12.1 Å². The van der Waals surface area contributed by atoms with Crippen molar-refractivity contribution in [3.8, 4) is 11.6 Å². The molecule has 1 aromatic carbocycles. The highest BCUT2D eigenvalue weighted by molar-refractivity contribution is 7.99. The number of ether oxygens (including phenoxy) is 1. The van der Waals surface area contributed by atoms with Gasteiger partial charge in [0.05, 0.1) is 5.69 Å². The van der Waals surface area contributed by atoms with E-state index in [2.05, 4.69) is 15.4 Å². The van der Waals surface area contributed by atoms with E-state index in [1.165, 1.54) is 0 Å². The van der Waals surface area contributed by atoms with Crippen LogP contribution in [-0.2, 0) is 4.79 Å². The minimum atomic E-state index is -0.546. The SMILES string of the molecule is O=C(Nc1cccnc1-n1cccn1)[C@@H]1CSc2ccccc2O1. The van der Waals surface area contributed by atoms with Crippen molar-refractivity contribution < 1.29 is 9.53 Å². The Bertz CT molecular complexity index is 867. The summed E-state index contributed by atoms with van der Waals surface area (Å²) in [6.45, 7) is 0. The third-order valence-corrected chi connectivity index (χ3v) is 4.68. The highest BCUT2D eigenvalue weighted by Gasteiger charge is 2.27. The summed E-state index contributed by atoms with van der Waals surface area (Å²) in [5.74, 6) is 1.69. The van der Waals surface area contributed by atoms with Gasteiger partial charge in [0.1, 0.15) is 5.75 Å². The van der Waals surface area contributed by atoms with Crippen LogP contribution in [0.3, 0.4) is 0 Å². The molecule has 0 aliphatic carbocycles.